The highest BCUT2D eigenvalue weighted by molar-refractivity contribution is 7.83. The van der Waals surface area contributed by atoms with Gasteiger partial charge in [-0.05, 0) is 19.9 Å². The van der Waals surface area contributed by atoms with Crippen molar-refractivity contribution >= 4 is 16.0 Å². The third kappa shape index (κ3) is 3.99. The number of rotatable bonds is 5. The molecule has 1 aliphatic heterocycles. The van der Waals surface area contributed by atoms with Crippen molar-refractivity contribution in [2.24, 2.45) is 0 Å². The summed E-state index contributed by atoms with van der Waals surface area (Å²) in [7, 11) is -4.40. The zero-order chi connectivity index (χ0) is 16.5. The molecule has 0 aromatic heterocycles. The SMILES string of the molecule is CC1(C)OC(CNS(=O)(=O)O)C(c2ccccc2[N+](=O)[O-])O1. The average molecular weight is 332 g/mol. The monoisotopic (exact) mass is 332 g/mol. The first-order valence-corrected chi connectivity index (χ1v) is 7.84. The van der Waals surface area contributed by atoms with Crippen LogP contribution in [0.15, 0.2) is 24.3 Å². The summed E-state index contributed by atoms with van der Waals surface area (Å²) in [5.41, 5.74) is 0.130. The van der Waals surface area contributed by atoms with Crippen molar-refractivity contribution in [1.29, 1.82) is 0 Å². The van der Waals surface area contributed by atoms with Crippen LogP contribution in [0.5, 0.6) is 0 Å². The molecule has 9 nitrogen and oxygen atoms in total. The molecule has 22 heavy (non-hydrogen) atoms. The van der Waals surface area contributed by atoms with Crippen LogP contribution in [0.1, 0.15) is 25.5 Å². The van der Waals surface area contributed by atoms with Crippen LogP contribution in [0.4, 0.5) is 5.69 Å². The summed E-state index contributed by atoms with van der Waals surface area (Å²) in [5.74, 6) is -1.04. The maximum absolute atomic E-state index is 11.1. The lowest BCUT2D eigenvalue weighted by atomic mass is 10.0. The standard InChI is InChI=1S/C12H16N2O7S/c1-12(2)20-10(7-13-22(17,18)19)11(21-12)8-5-3-4-6-9(8)14(15)16/h3-6,10-11,13H,7H2,1-2H3,(H,17,18,19). The van der Waals surface area contributed by atoms with Crippen LogP contribution in [0.3, 0.4) is 0 Å². The van der Waals surface area contributed by atoms with Gasteiger partial charge in [0.25, 0.3) is 5.69 Å². The first kappa shape index (κ1) is 16.8. The normalized spacial score (nSPS) is 24.3. The lowest BCUT2D eigenvalue weighted by Gasteiger charge is -2.17. The van der Waals surface area contributed by atoms with Gasteiger partial charge in [0, 0.05) is 12.6 Å². The molecule has 1 saturated heterocycles. The lowest BCUT2D eigenvalue weighted by Crippen LogP contribution is -2.35. The summed E-state index contributed by atoms with van der Waals surface area (Å²) >= 11 is 0. The van der Waals surface area contributed by atoms with Gasteiger partial charge in [-0.15, -0.1) is 0 Å². The summed E-state index contributed by atoms with van der Waals surface area (Å²) in [4.78, 5) is 10.6. The smallest absolute Gasteiger partial charge is 0.333 e. The molecule has 1 fully saturated rings. The van der Waals surface area contributed by atoms with Gasteiger partial charge in [-0.2, -0.15) is 13.1 Å². The molecule has 122 valence electrons. The Kier molecular flexibility index (Phi) is 4.49. The van der Waals surface area contributed by atoms with Crippen molar-refractivity contribution in [1.82, 2.24) is 4.72 Å². The van der Waals surface area contributed by atoms with Gasteiger partial charge >= 0.3 is 10.3 Å². The summed E-state index contributed by atoms with van der Waals surface area (Å²) in [5, 5.41) is 11.1. The molecular formula is C12H16N2O7S. The molecule has 0 radical (unpaired) electrons. The van der Waals surface area contributed by atoms with Crippen molar-refractivity contribution in [3.63, 3.8) is 0 Å². The van der Waals surface area contributed by atoms with Gasteiger partial charge in [-0.3, -0.25) is 14.7 Å². The molecule has 2 N–H and O–H groups in total. The first-order valence-electron chi connectivity index (χ1n) is 6.40. The summed E-state index contributed by atoms with van der Waals surface area (Å²) in [6.45, 7) is 2.95. The number of ether oxygens (including phenoxy) is 2. The molecule has 2 rings (SSSR count). The molecule has 2 atom stereocenters. The molecule has 2 unspecified atom stereocenters. The van der Waals surface area contributed by atoms with E-state index in [1.165, 1.54) is 18.2 Å². The Morgan fingerprint density at radius 1 is 1.36 bits per heavy atom. The largest absolute Gasteiger partial charge is 0.343 e. The molecular weight excluding hydrogens is 316 g/mol. The van der Waals surface area contributed by atoms with Gasteiger partial charge in [0.1, 0.15) is 12.2 Å². The Balaban J connectivity index is 2.32. The molecule has 1 heterocycles. The van der Waals surface area contributed by atoms with E-state index in [2.05, 4.69) is 0 Å². The van der Waals surface area contributed by atoms with Gasteiger partial charge in [0.2, 0.25) is 0 Å². The summed E-state index contributed by atoms with van der Waals surface area (Å²) in [6, 6.07) is 5.99. The number of nitrogens with one attached hydrogen (secondary N) is 1. The fourth-order valence-electron chi connectivity index (χ4n) is 2.33. The minimum Gasteiger partial charge on any atom is -0.343 e. The minimum atomic E-state index is -4.40. The zero-order valence-electron chi connectivity index (χ0n) is 11.9. The van der Waals surface area contributed by atoms with E-state index in [0.29, 0.717) is 0 Å². The van der Waals surface area contributed by atoms with Crippen LogP contribution in [-0.4, -0.2) is 36.3 Å². The maximum Gasteiger partial charge on any atom is 0.333 e. The van der Waals surface area contributed by atoms with E-state index < -0.39 is 33.2 Å². The first-order chi connectivity index (χ1) is 10.1. The van der Waals surface area contributed by atoms with Crippen molar-refractivity contribution in [2.75, 3.05) is 6.54 Å². The number of para-hydroxylation sites is 1. The van der Waals surface area contributed by atoms with Crippen molar-refractivity contribution < 1.29 is 27.4 Å². The summed E-state index contributed by atoms with van der Waals surface area (Å²) in [6.07, 6.45) is -1.66. The van der Waals surface area contributed by atoms with E-state index in [4.69, 9.17) is 14.0 Å². The molecule has 0 aliphatic carbocycles. The Morgan fingerprint density at radius 3 is 2.59 bits per heavy atom. The number of nitro benzene ring substituents is 1. The Morgan fingerprint density at radius 2 is 2.00 bits per heavy atom. The third-order valence-electron chi connectivity index (χ3n) is 3.09. The van der Waals surface area contributed by atoms with Crippen molar-refractivity contribution in [3.05, 3.63) is 39.9 Å². The highest BCUT2D eigenvalue weighted by atomic mass is 32.2. The topological polar surface area (TPSA) is 128 Å². The highest BCUT2D eigenvalue weighted by Gasteiger charge is 2.44. The third-order valence-corrected chi connectivity index (χ3v) is 3.62. The van der Waals surface area contributed by atoms with Crippen LogP contribution >= 0.6 is 0 Å². The Bertz CT molecular complexity index is 674. The number of hydrogen-bond donors (Lipinski definition) is 2. The second-order valence-electron chi connectivity index (χ2n) is 5.23. The molecule has 1 aliphatic rings. The van der Waals surface area contributed by atoms with Crippen molar-refractivity contribution in [2.45, 2.75) is 31.8 Å². The van der Waals surface area contributed by atoms with E-state index >= 15 is 0 Å². The molecule has 0 bridgehead atoms. The van der Waals surface area contributed by atoms with E-state index in [0.717, 1.165) is 0 Å². The fourth-order valence-corrected chi connectivity index (χ4v) is 2.70. The van der Waals surface area contributed by atoms with Crippen LogP contribution in [0.25, 0.3) is 0 Å². The predicted molar refractivity (Wildman–Crippen MR) is 75.4 cm³/mol. The number of hydrogen-bond acceptors (Lipinski definition) is 6. The Labute approximate surface area is 127 Å². The van der Waals surface area contributed by atoms with E-state index in [1.54, 1.807) is 19.9 Å². The molecule has 0 spiro atoms. The average Bonchev–Trinajstić information content (AvgIpc) is 2.71. The molecule has 10 heteroatoms. The van der Waals surface area contributed by atoms with E-state index in [1.807, 2.05) is 4.72 Å². The van der Waals surface area contributed by atoms with E-state index in [-0.39, 0.29) is 17.8 Å². The quantitative estimate of drug-likeness (QED) is 0.470. The minimum absolute atomic E-state index is 0.148. The lowest BCUT2D eigenvalue weighted by molar-refractivity contribution is -0.386. The van der Waals surface area contributed by atoms with Crippen LogP contribution in [-0.2, 0) is 19.8 Å². The molecule has 1 aromatic carbocycles. The van der Waals surface area contributed by atoms with Crippen LogP contribution in [0, 0.1) is 10.1 Å². The fraction of sp³-hybridized carbons (Fsp3) is 0.500. The predicted octanol–water partition coefficient (Wildman–Crippen LogP) is 1.18. The van der Waals surface area contributed by atoms with Crippen LogP contribution < -0.4 is 4.72 Å². The van der Waals surface area contributed by atoms with Gasteiger partial charge in [0.15, 0.2) is 5.79 Å². The van der Waals surface area contributed by atoms with Gasteiger partial charge in [-0.1, -0.05) is 12.1 Å². The van der Waals surface area contributed by atoms with E-state index in [9.17, 15) is 18.5 Å². The summed E-state index contributed by atoms with van der Waals surface area (Å²) < 4.78 is 43.5. The second-order valence-corrected chi connectivity index (χ2v) is 6.47. The number of nitro groups is 1. The van der Waals surface area contributed by atoms with Gasteiger partial charge in [0.05, 0.1) is 10.5 Å². The van der Waals surface area contributed by atoms with Gasteiger partial charge < -0.3 is 9.47 Å². The number of benzene rings is 1. The molecule has 0 saturated carbocycles. The zero-order valence-corrected chi connectivity index (χ0v) is 12.7. The Hall–Kier alpha value is -1.59. The molecule has 0 amide bonds. The van der Waals surface area contributed by atoms with Gasteiger partial charge in [-0.25, -0.2) is 0 Å². The maximum atomic E-state index is 11.1. The van der Waals surface area contributed by atoms with Crippen LogP contribution in [0.2, 0.25) is 0 Å². The molecule has 1 aromatic rings. The second kappa shape index (κ2) is 5.89. The highest BCUT2D eigenvalue weighted by Crippen LogP contribution is 2.41. The number of nitrogens with zero attached hydrogens (tertiary/aromatic N) is 1. The van der Waals surface area contributed by atoms with Crippen molar-refractivity contribution in [3.8, 4) is 0 Å².